The van der Waals surface area contributed by atoms with Gasteiger partial charge < -0.3 is 15.3 Å². The summed E-state index contributed by atoms with van der Waals surface area (Å²) in [4.78, 5) is 24.3. The van der Waals surface area contributed by atoms with E-state index in [0.29, 0.717) is 11.8 Å². The maximum Gasteiger partial charge on any atom is 0.317 e. The molecule has 0 rings (SSSR count). The van der Waals surface area contributed by atoms with Gasteiger partial charge in [0.1, 0.15) is 0 Å². The van der Waals surface area contributed by atoms with Gasteiger partial charge in [0.25, 0.3) is 0 Å². The average Bonchev–Trinajstić information content (AvgIpc) is 2.26. The normalized spacial score (nSPS) is 12.9. The van der Waals surface area contributed by atoms with Crippen molar-refractivity contribution in [3.05, 3.63) is 0 Å². The summed E-state index contributed by atoms with van der Waals surface area (Å²) in [6, 6.07) is -0.193. The van der Waals surface area contributed by atoms with Crippen LogP contribution in [-0.2, 0) is 4.79 Å². The first kappa shape index (κ1) is 18.1. The average molecular weight is 290 g/mol. The van der Waals surface area contributed by atoms with Gasteiger partial charge in [-0.3, -0.25) is 4.79 Å². The van der Waals surface area contributed by atoms with Crippen molar-refractivity contribution in [3.63, 3.8) is 0 Å². The van der Waals surface area contributed by atoms with E-state index in [9.17, 15) is 9.59 Å². The van der Waals surface area contributed by atoms with Gasteiger partial charge in [-0.25, -0.2) is 4.79 Å². The lowest BCUT2D eigenvalue weighted by Gasteiger charge is -2.35. The number of thioether (sulfide) groups is 1. The first-order valence-corrected chi connectivity index (χ1v) is 7.77. The number of carbonyl (C=O) groups excluding carboxylic acids is 1. The summed E-state index contributed by atoms with van der Waals surface area (Å²) in [5, 5.41) is 12.1. The highest BCUT2D eigenvalue weighted by Crippen LogP contribution is 2.14. The largest absolute Gasteiger partial charge is 0.481 e. The maximum atomic E-state index is 12.1. The first-order valence-electron chi connectivity index (χ1n) is 6.48. The first-order chi connectivity index (χ1) is 8.68. The van der Waals surface area contributed by atoms with Crippen molar-refractivity contribution in [1.29, 1.82) is 0 Å². The Morgan fingerprint density at radius 3 is 2.37 bits per heavy atom. The number of urea groups is 1. The predicted molar refractivity (Wildman–Crippen MR) is 79.7 cm³/mol. The highest BCUT2D eigenvalue weighted by Gasteiger charge is 2.26. The van der Waals surface area contributed by atoms with Gasteiger partial charge in [-0.2, -0.15) is 11.8 Å². The lowest BCUT2D eigenvalue weighted by molar-refractivity contribution is -0.137. The molecule has 0 aromatic heterocycles. The Bertz CT molecular complexity index is 303. The number of rotatable bonds is 7. The molecule has 112 valence electrons. The van der Waals surface area contributed by atoms with E-state index in [2.05, 4.69) is 12.2 Å². The van der Waals surface area contributed by atoms with E-state index in [4.69, 9.17) is 5.11 Å². The number of hydrogen-bond acceptors (Lipinski definition) is 3. The second-order valence-electron chi connectivity index (χ2n) is 5.53. The number of nitrogens with zero attached hydrogens (tertiary/aromatic N) is 1. The molecule has 19 heavy (non-hydrogen) atoms. The van der Waals surface area contributed by atoms with Crippen molar-refractivity contribution in [2.45, 2.75) is 51.3 Å². The Morgan fingerprint density at radius 1 is 1.37 bits per heavy atom. The smallest absolute Gasteiger partial charge is 0.317 e. The van der Waals surface area contributed by atoms with Gasteiger partial charge in [-0.15, -0.1) is 0 Å². The van der Waals surface area contributed by atoms with Crippen LogP contribution in [0.2, 0.25) is 0 Å². The zero-order valence-electron chi connectivity index (χ0n) is 12.5. The second kappa shape index (κ2) is 8.30. The van der Waals surface area contributed by atoms with Crippen LogP contribution in [0.1, 0.15) is 40.5 Å². The van der Waals surface area contributed by atoms with Crippen LogP contribution in [0.3, 0.4) is 0 Å². The summed E-state index contributed by atoms with van der Waals surface area (Å²) in [6.45, 7) is 8.66. The summed E-state index contributed by atoms with van der Waals surface area (Å²) in [5.41, 5.74) is -0.384. The topological polar surface area (TPSA) is 69.6 Å². The van der Waals surface area contributed by atoms with E-state index in [1.165, 1.54) is 0 Å². The SMILES string of the molecule is CSC(C)CCNC(=O)N(CCC(=O)O)C(C)(C)C. The zero-order valence-corrected chi connectivity index (χ0v) is 13.3. The van der Waals surface area contributed by atoms with Crippen LogP contribution in [0.5, 0.6) is 0 Å². The zero-order chi connectivity index (χ0) is 15.1. The molecule has 0 aliphatic carbocycles. The quantitative estimate of drug-likeness (QED) is 0.755. The van der Waals surface area contributed by atoms with E-state index >= 15 is 0 Å². The van der Waals surface area contributed by atoms with Gasteiger partial charge in [0.2, 0.25) is 0 Å². The third-order valence-corrected chi connectivity index (χ3v) is 3.87. The number of aliphatic carboxylic acids is 1. The highest BCUT2D eigenvalue weighted by atomic mass is 32.2. The highest BCUT2D eigenvalue weighted by molar-refractivity contribution is 7.99. The number of carboxylic acid groups (broad SMARTS) is 1. The molecule has 2 amide bonds. The molecular formula is C13H26N2O3S. The fraction of sp³-hybridized carbons (Fsp3) is 0.846. The van der Waals surface area contributed by atoms with Crippen LogP contribution in [0, 0.1) is 0 Å². The molecule has 0 radical (unpaired) electrons. The standard InChI is InChI=1S/C13H26N2O3S/c1-10(19-5)6-8-14-12(18)15(13(2,3)4)9-7-11(16)17/h10H,6-9H2,1-5H3,(H,14,18)(H,16,17). The summed E-state index contributed by atoms with van der Waals surface area (Å²) < 4.78 is 0. The van der Waals surface area contributed by atoms with Crippen LogP contribution in [0.15, 0.2) is 0 Å². The van der Waals surface area contributed by atoms with E-state index in [1.54, 1.807) is 16.7 Å². The Balaban J connectivity index is 4.35. The third-order valence-electron chi connectivity index (χ3n) is 2.83. The molecule has 0 heterocycles. The molecular weight excluding hydrogens is 264 g/mol. The molecule has 0 spiro atoms. The van der Waals surface area contributed by atoms with Crippen molar-refractivity contribution >= 4 is 23.8 Å². The monoisotopic (exact) mass is 290 g/mol. The van der Waals surface area contributed by atoms with Gasteiger partial charge in [0.05, 0.1) is 6.42 Å². The van der Waals surface area contributed by atoms with E-state index < -0.39 is 5.97 Å². The molecule has 0 saturated carbocycles. The van der Waals surface area contributed by atoms with Gasteiger partial charge in [0, 0.05) is 23.9 Å². The molecule has 5 nitrogen and oxygen atoms in total. The minimum absolute atomic E-state index is 0.0358. The number of carboxylic acids is 1. The van der Waals surface area contributed by atoms with Crippen molar-refractivity contribution in [1.82, 2.24) is 10.2 Å². The Morgan fingerprint density at radius 2 is 1.95 bits per heavy atom. The van der Waals surface area contributed by atoms with Crippen LogP contribution >= 0.6 is 11.8 Å². The molecule has 0 aromatic carbocycles. The summed E-state index contributed by atoms with van der Waals surface area (Å²) in [6.07, 6.45) is 2.91. The lowest BCUT2D eigenvalue weighted by Crippen LogP contribution is -2.51. The summed E-state index contributed by atoms with van der Waals surface area (Å²) >= 11 is 1.76. The van der Waals surface area contributed by atoms with Crippen molar-refractivity contribution in [3.8, 4) is 0 Å². The molecule has 0 fully saturated rings. The number of nitrogens with one attached hydrogen (secondary N) is 1. The maximum absolute atomic E-state index is 12.1. The van der Waals surface area contributed by atoms with Gasteiger partial charge in [-0.1, -0.05) is 6.92 Å². The molecule has 0 saturated heterocycles. The number of carbonyl (C=O) groups is 2. The molecule has 2 N–H and O–H groups in total. The fourth-order valence-corrected chi connectivity index (χ4v) is 1.90. The summed E-state index contributed by atoms with van der Waals surface area (Å²) in [5.74, 6) is -0.891. The number of amides is 2. The van der Waals surface area contributed by atoms with Crippen molar-refractivity contribution < 1.29 is 14.7 Å². The van der Waals surface area contributed by atoms with Crippen LogP contribution < -0.4 is 5.32 Å². The fourth-order valence-electron chi connectivity index (χ4n) is 1.54. The minimum atomic E-state index is -0.891. The molecule has 6 heteroatoms. The van der Waals surface area contributed by atoms with Crippen LogP contribution in [0.25, 0.3) is 0 Å². The van der Waals surface area contributed by atoms with Gasteiger partial charge >= 0.3 is 12.0 Å². The second-order valence-corrected chi connectivity index (χ2v) is 6.81. The molecule has 0 bridgehead atoms. The Kier molecular flexibility index (Phi) is 7.90. The molecule has 0 aromatic rings. The lowest BCUT2D eigenvalue weighted by atomic mass is 10.1. The van der Waals surface area contributed by atoms with Gasteiger partial charge in [-0.05, 0) is 33.4 Å². The van der Waals surface area contributed by atoms with Crippen LogP contribution in [0.4, 0.5) is 4.79 Å². The molecule has 1 unspecified atom stereocenters. The van der Waals surface area contributed by atoms with E-state index in [1.807, 2.05) is 27.0 Å². The minimum Gasteiger partial charge on any atom is -0.481 e. The van der Waals surface area contributed by atoms with E-state index in [-0.39, 0.29) is 24.5 Å². The third kappa shape index (κ3) is 7.97. The van der Waals surface area contributed by atoms with Gasteiger partial charge in [0.15, 0.2) is 0 Å². The Labute approximate surface area is 120 Å². The summed E-state index contributed by atoms with van der Waals surface area (Å²) in [7, 11) is 0. The molecule has 1 atom stereocenters. The number of hydrogen-bond donors (Lipinski definition) is 2. The van der Waals surface area contributed by atoms with Crippen LogP contribution in [-0.4, -0.2) is 52.1 Å². The van der Waals surface area contributed by atoms with E-state index in [0.717, 1.165) is 6.42 Å². The molecule has 0 aliphatic heterocycles. The van der Waals surface area contributed by atoms with Crippen molar-refractivity contribution in [2.75, 3.05) is 19.3 Å². The molecule has 0 aliphatic rings. The Hall–Kier alpha value is -0.910. The predicted octanol–water partition coefficient (Wildman–Crippen LogP) is 2.41. The van der Waals surface area contributed by atoms with Crippen molar-refractivity contribution in [2.24, 2.45) is 0 Å².